The maximum atomic E-state index is 11.3. The summed E-state index contributed by atoms with van der Waals surface area (Å²) in [4.78, 5) is 15.2. The normalized spacial score (nSPS) is 24.6. The van der Waals surface area contributed by atoms with Gasteiger partial charge < -0.3 is 19.7 Å². The van der Waals surface area contributed by atoms with Crippen molar-refractivity contribution >= 4 is 5.97 Å². The molecule has 1 unspecified atom stereocenters. The van der Waals surface area contributed by atoms with Crippen molar-refractivity contribution < 1.29 is 19.2 Å². The fraction of sp³-hybridized carbons (Fsp3) is 0.700. The summed E-state index contributed by atoms with van der Waals surface area (Å²) in [5, 5.41) is 16.8. The van der Waals surface area contributed by atoms with E-state index in [2.05, 4.69) is 15.5 Å². The van der Waals surface area contributed by atoms with Crippen LogP contribution >= 0.6 is 0 Å². The highest BCUT2D eigenvalue weighted by molar-refractivity contribution is 5.84. The van der Waals surface area contributed by atoms with E-state index in [4.69, 9.17) is 9.26 Å². The van der Waals surface area contributed by atoms with Gasteiger partial charge in [-0.2, -0.15) is 4.98 Å². The average molecular weight is 241 g/mol. The zero-order valence-electron chi connectivity index (χ0n) is 9.60. The van der Waals surface area contributed by atoms with E-state index in [1.807, 2.05) is 0 Å². The van der Waals surface area contributed by atoms with Crippen LogP contribution in [0.4, 0.5) is 0 Å². The molecule has 7 nitrogen and oxygen atoms in total. The molecule has 2 rings (SSSR count). The number of piperidine rings is 1. The topological polar surface area (TPSA) is 97.5 Å². The van der Waals surface area contributed by atoms with Crippen molar-refractivity contribution in [3.63, 3.8) is 0 Å². The summed E-state index contributed by atoms with van der Waals surface area (Å²) in [6.07, 6.45) is 1.35. The van der Waals surface area contributed by atoms with Gasteiger partial charge in [-0.1, -0.05) is 0 Å². The molecule has 1 aromatic rings. The van der Waals surface area contributed by atoms with Gasteiger partial charge in [0.2, 0.25) is 0 Å². The van der Waals surface area contributed by atoms with Crippen LogP contribution in [0.15, 0.2) is 4.52 Å². The van der Waals surface area contributed by atoms with Gasteiger partial charge in [0.05, 0.1) is 6.61 Å². The fourth-order valence-electron chi connectivity index (χ4n) is 1.76. The van der Waals surface area contributed by atoms with E-state index in [0.717, 1.165) is 13.0 Å². The molecule has 94 valence electrons. The van der Waals surface area contributed by atoms with Crippen LogP contribution in [0.2, 0.25) is 0 Å². The van der Waals surface area contributed by atoms with E-state index in [9.17, 15) is 9.90 Å². The summed E-state index contributed by atoms with van der Waals surface area (Å²) in [6, 6.07) is 0. The van der Waals surface area contributed by atoms with Crippen LogP contribution in [0.25, 0.3) is 0 Å². The first-order chi connectivity index (χ1) is 8.15. The van der Waals surface area contributed by atoms with Crippen molar-refractivity contribution in [2.75, 3.05) is 19.7 Å². The van der Waals surface area contributed by atoms with E-state index in [1.165, 1.54) is 0 Å². The van der Waals surface area contributed by atoms with Crippen LogP contribution in [0.3, 0.4) is 0 Å². The minimum atomic E-state index is -1.18. The molecule has 1 aliphatic rings. The van der Waals surface area contributed by atoms with Crippen molar-refractivity contribution in [3.8, 4) is 0 Å². The monoisotopic (exact) mass is 241 g/mol. The molecule has 0 bridgehead atoms. The van der Waals surface area contributed by atoms with Gasteiger partial charge in [0, 0.05) is 6.54 Å². The molecule has 17 heavy (non-hydrogen) atoms. The molecule has 7 heteroatoms. The zero-order valence-corrected chi connectivity index (χ0v) is 9.60. The molecular weight excluding hydrogens is 226 g/mol. The van der Waals surface area contributed by atoms with Crippen LogP contribution in [0, 0.1) is 0 Å². The number of carbonyl (C=O) groups excluding carboxylic acids is 1. The molecule has 0 spiro atoms. The number of rotatable bonds is 3. The summed E-state index contributed by atoms with van der Waals surface area (Å²) in [6.45, 7) is 3.13. The molecule has 1 saturated heterocycles. The highest BCUT2D eigenvalue weighted by Gasteiger charge is 2.37. The first kappa shape index (κ1) is 12.0. The molecule has 0 saturated carbocycles. The number of β-amino-alcohol motifs (C(OH)–C–C–N with tert-alkyl or cyclic N) is 1. The van der Waals surface area contributed by atoms with Crippen molar-refractivity contribution in [1.29, 1.82) is 0 Å². The Morgan fingerprint density at radius 2 is 2.53 bits per heavy atom. The van der Waals surface area contributed by atoms with Crippen LogP contribution in [0.1, 0.15) is 36.3 Å². The summed E-state index contributed by atoms with van der Waals surface area (Å²) >= 11 is 0. The maximum Gasteiger partial charge on any atom is 0.379 e. The van der Waals surface area contributed by atoms with Crippen molar-refractivity contribution in [2.24, 2.45) is 0 Å². The van der Waals surface area contributed by atoms with Crippen molar-refractivity contribution in [3.05, 3.63) is 11.7 Å². The lowest BCUT2D eigenvalue weighted by Gasteiger charge is -2.28. The molecular formula is C10H15N3O4. The smallest absolute Gasteiger partial charge is 0.379 e. The molecule has 1 fully saturated rings. The first-order valence-electron chi connectivity index (χ1n) is 5.60. The fourth-order valence-corrected chi connectivity index (χ4v) is 1.76. The number of ether oxygens (including phenoxy) is 1. The largest absolute Gasteiger partial charge is 0.460 e. The third-order valence-corrected chi connectivity index (χ3v) is 2.64. The molecule has 1 aliphatic heterocycles. The van der Waals surface area contributed by atoms with Gasteiger partial charge in [0.15, 0.2) is 5.60 Å². The molecule has 1 aromatic heterocycles. The lowest BCUT2D eigenvalue weighted by molar-refractivity contribution is -0.0167. The lowest BCUT2D eigenvalue weighted by Crippen LogP contribution is -2.43. The summed E-state index contributed by atoms with van der Waals surface area (Å²) < 4.78 is 9.66. The summed E-state index contributed by atoms with van der Waals surface area (Å²) in [5.41, 5.74) is -1.18. The van der Waals surface area contributed by atoms with Crippen LogP contribution < -0.4 is 5.32 Å². The van der Waals surface area contributed by atoms with E-state index in [0.29, 0.717) is 13.0 Å². The molecule has 0 radical (unpaired) electrons. The molecule has 1 atom stereocenters. The Kier molecular flexibility index (Phi) is 3.39. The van der Waals surface area contributed by atoms with E-state index >= 15 is 0 Å². The van der Waals surface area contributed by atoms with Crippen molar-refractivity contribution in [1.82, 2.24) is 15.5 Å². The molecule has 0 amide bonds. The van der Waals surface area contributed by atoms with Crippen LogP contribution in [0.5, 0.6) is 0 Å². The van der Waals surface area contributed by atoms with Gasteiger partial charge in [-0.05, 0) is 31.5 Å². The average Bonchev–Trinajstić information content (AvgIpc) is 2.80. The predicted octanol–water partition coefficient (Wildman–Crippen LogP) is -0.183. The summed E-state index contributed by atoms with van der Waals surface area (Å²) in [5.74, 6) is -0.733. The second kappa shape index (κ2) is 4.80. The number of aliphatic hydroxyl groups is 1. The highest BCUT2D eigenvalue weighted by Crippen LogP contribution is 2.26. The Balaban J connectivity index is 2.14. The minimum absolute atomic E-state index is 0.0627. The Morgan fingerprint density at radius 1 is 1.71 bits per heavy atom. The third kappa shape index (κ3) is 2.45. The van der Waals surface area contributed by atoms with Crippen molar-refractivity contribution in [2.45, 2.75) is 25.4 Å². The van der Waals surface area contributed by atoms with Gasteiger partial charge in [-0.3, -0.25) is 0 Å². The van der Waals surface area contributed by atoms with E-state index in [-0.39, 0.29) is 18.3 Å². The Bertz CT molecular complexity index is 398. The second-order valence-electron chi connectivity index (χ2n) is 3.96. The van der Waals surface area contributed by atoms with E-state index in [1.54, 1.807) is 6.92 Å². The number of esters is 1. The quantitative estimate of drug-likeness (QED) is 0.708. The second-order valence-corrected chi connectivity index (χ2v) is 3.96. The van der Waals surface area contributed by atoms with Crippen LogP contribution in [-0.4, -0.2) is 40.9 Å². The maximum absolute atomic E-state index is 11.3. The standard InChI is InChI=1S/C10H15N3O4/c1-2-16-8(14)7-12-9(17-13-7)10(15)4-3-5-11-6-10/h11,15H,2-6H2,1H3. The number of hydrogen-bond acceptors (Lipinski definition) is 7. The van der Waals surface area contributed by atoms with Gasteiger partial charge in [-0.25, -0.2) is 4.79 Å². The van der Waals surface area contributed by atoms with E-state index < -0.39 is 11.6 Å². The van der Waals surface area contributed by atoms with Gasteiger partial charge >= 0.3 is 5.97 Å². The molecule has 0 aliphatic carbocycles. The number of aromatic nitrogens is 2. The zero-order chi connectivity index (χ0) is 12.3. The Labute approximate surface area is 98.1 Å². The predicted molar refractivity (Wildman–Crippen MR) is 56.3 cm³/mol. The number of nitrogens with zero attached hydrogens (tertiary/aromatic N) is 2. The highest BCUT2D eigenvalue weighted by atomic mass is 16.5. The van der Waals surface area contributed by atoms with Gasteiger partial charge in [-0.15, -0.1) is 0 Å². The summed E-state index contributed by atoms with van der Waals surface area (Å²) in [7, 11) is 0. The minimum Gasteiger partial charge on any atom is -0.460 e. The first-order valence-corrected chi connectivity index (χ1v) is 5.60. The SMILES string of the molecule is CCOC(=O)c1noc(C2(O)CCCNC2)n1. The number of hydrogen-bond donors (Lipinski definition) is 2. The third-order valence-electron chi connectivity index (χ3n) is 2.64. The van der Waals surface area contributed by atoms with Gasteiger partial charge in [0.1, 0.15) is 0 Å². The molecule has 2 N–H and O–H groups in total. The molecule has 2 heterocycles. The van der Waals surface area contributed by atoms with Gasteiger partial charge in [0.25, 0.3) is 11.7 Å². The molecule has 0 aromatic carbocycles. The number of nitrogens with one attached hydrogen (secondary N) is 1. The Hall–Kier alpha value is -1.47. The lowest BCUT2D eigenvalue weighted by atomic mass is 9.94. The van der Waals surface area contributed by atoms with Crippen LogP contribution in [-0.2, 0) is 10.3 Å². The number of carbonyl (C=O) groups is 1. The Morgan fingerprint density at radius 3 is 3.18 bits per heavy atom.